The van der Waals surface area contributed by atoms with Gasteiger partial charge in [0.15, 0.2) is 17.3 Å². The Morgan fingerprint density at radius 2 is 1.35 bits per heavy atom. The van der Waals surface area contributed by atoms with Gasteiger partial charge in [-0.15, -0.1) is 0 Å². The zero-order valence-corrected chi connectivity index (χ0v) is 25.1. The quantitative estimate of drug-likeness (QED) is 0.218. The smallest absolute Gasteiger partial charge is 0.435 e. The number of benzene rings is 1. The highest BCUT2D eigenvalue weighted by Crippen LogP contribution is 2.38. The van der Waals surface area contributed by atoms with Crippen LogP contribution >= 0.6 is 0 Å². The number of nitrogens with one attached hydrogen (secondary N) is 1. The summed E-state index contributed by atoms with van der Waals surface area (Å²) in [5.41, 5.74) is -6.07. The lowest BCUT2D eigenvalue weighted by atomic mass is 10.2. The third-order valence-corrected chi connectivity index (χ3v) is 5.64. The number of aromatic nitrogens is 4. The molecule has 4 aromatic rings. The maximum atomic E-state index is 14.3. The van der Waals surface area contributed by atoms with E-state index < -0.39 is 70.2 Å². The predicted molar refractivity (Wildman–Crippen MR) is 151 cm³/mol. The molecule has 0 unspecified atom stereocenters. The van der Waals surface area contributed by atoms with Crippen molar-refractivity contribution >= 4 is 35.2 Å². The number of nitrogens with zero attached hydrogens (tertiary/aromatic N) is 5. The lowest BCUT2D eigenvalue weighted by molar-refractivity contribution is -0.140. The first-order chi connectivity index (χ1) is 21.0. The monoisotopic (exact) mass is 656 g/mol. The van der Waals surface area contributed by atoms with Gasteiger partial charge < -0.3 is 14.8 Å². The summed E-state index contributed by atoms with van der Waals surface area (Å²) < 4.78 is 108. The second-order valence-corrected chi connectivity index (χ2v) is 11.8. The van der Waals surface area contributed by atoms with Crippen molar-refractivity contribution in [3.8, 4) is 11.5 Å². The van der Waals surface area contributed by atoms with E-state index in [0.717, 1.165) is 46.9 Å². The first-order valence-corrected chi connectivity index (χ1v) is 13.4. The van der Waals surface area contributed by atoms with E-state index in [4.69, 9.17) is 9.47 Å². The number of imide groups is 1. The van der Waals surface area contributed by atoms with E-state index in [1.54, 1.807) is 0 Å². The second-order valence-electron chi connectivity index (χ2n) is 11.8. The maximum Gasteiger partial charge on any atom is 0.435 e. The summed E-state index contributed by atoms with van der Waals surface area (Å²) in [7, 11) is 0. The highest BCUT2D eigenvalue weighted by Gasteiger charge is 2.40. The number of pyridine rings is 1. The Balaban J connectivity index is 1.99. The molecule has 0 aliphatic carbocycles. The molecule has 17 heteroatoms. The zero-order chi connectivity index (χ0) is 34.4. The molecule has 2 amide bonds. The Hall–Kier alpha value is -4.96. The minimum absolute atomic E-state index is 0.00934. The van der Waals surface area contributed by atoms with E-state index in [-0.39, 0.29) is 17.2 Å². The van der Waals surface area contributed by atoms with Crippen molar-refractivity contribution in [2.75, 3.05) is 10.2 Å². The summed E-state index contributed by atoms with van der Waals surface area (Å²) in [5.74, 6) is -2.77. The van der Waals surface area contributed by atoms with Crippen LogP contribution in [0.4, 0.5) is 57.6 Å². The van der Waals surface area contributed by atoms with E-state index in [1.165, 1.54) is 41.5 Å². The Kier molecular flexibility index (Phi) is 8.67. The molecule has 0 saturated heterocycles. The average molecular weight is 657 g/mol. The molecule has 246 valence electrons. The number of fused-ring (bicyclic) bond motifs is 1. The van der Waals surface area contributed by atoms with Gasteiger partial charge in [-0.1, -0.05) is 0 Å². The van der Waals surface area contributed by atoms with Gasteiger partial charge in [0.25, 0.3) is 0 Å². The largest absolute Gasteiger partial charge is 0.443 e. The molecule has 3 aromatic heterocycles. The normalized spacial score (nSPS) is 12.6. The van der Waals surface area contributed by atoms with Crippen LogP contribution in [0.2, 0.25) is 0 Å². The molecule has 0 spiro atoms. The minimum atomic E-state index is -5.12. The van der Waals surface area contributed by atoms with Crippen LogP contribution < -0.4 is 10.2 Å². The topological polar surface area (TPSA) is 111 Å². The lowest BCUT2D eigenvalue weighted by Gasteiger charge is -2.28. The standard InChI is InChI=1S/C29H27F7N6O4/c1-26(2,3)45-24(43)42(25(44)46-27(4,5)6)20-13-18(37-17-10-7-15(8-11-17)28(31,32)33)38-23(40-20)21-22(29(34,35)36)39-19-12-9-16(30)14-41(19)21/h7-14H,1-6H3,(H,37,38,40). The van der Waals surface area contributed by atoms with Crippen LogP contribution in [-0.4, -0.2) is 42.7 Å². The highest BCUT2D eigenvalue weighted by molar-refractivity contribution is 6.09. The fourth-order valence-electron chi connectivity index (χ4n) is 3.92. The molecule has 46 heavy (non-hydrogen) atoms. The molecule has 3 heterocycles. The first-order valence-electron chi connectivity index (χ1n) is 13.4. The van der Waals surface area contributed by atoms with Gasteiger partial charge in [0.1, 0.15) is 34.2 Å². The fraction of sp³-hybridized carbons (Fsp3) is 0.345. The van der Waals surface area contributed by atoms with E-state index in [0.29, 0.717) is 11.1 Å². The average Bonchev–Trinajstić information content (AvgIpc) is 3.26. The molecule has 1 aromatic carbocycles. The molecule has 0 atom stereocenters. The van der Waals surface area contributed by atoms with Crippen LogP contribution in [0.3, 0.4) is 0 Å². The SMILES string of the molecule is CC(C)(C)OC(=O)N(C(=O)OC(C)(C)C)c1cc(Nc2ccc(C(F)(F)F)cc2)nc(-c2c(C(F)(F)F)nc3ccc(F)cn23)n1. The Bertz CT molecular complexity index is 1740. The molecule has 0 fully saturated rings. The molecule has 0 aliphatic rings. The van der Waals surface area contributed by atoms with Gasteiger partial charge in [-0.25, -0.2) is 28.9 Å². The van der Waals surface area contributed by atoms with E-state index >= 15 is 0 Å². The number of halogens is 7. The molecule has 0 aliphatic heterocycles. The van der Waals surface area contributed by atoms with Crippen LogP contribution in [-0.2, 0) is 21.8 Å². The summed E-state index contributed by atoms with van der Waals surface area (Å²) in [5, 5.41) is 2.64. The summed E-state index contributed by atoms with van der Waals surface area (Å²) >= 11 is 0. The summed E-state index contributed by atoms with van der Waals surface area (Å²) in [4.78, 5) is 38.7. The number of rotatable bonds is 4. The minimum Gasteiger partial charge on any atom is -0.443 e. The van der Waals surface area contributed by atoms with Crippen molar-refractivity contribution in [2.24, 2.45) is 0 Å². The van der Waals surface area contributed by atoms with Crippen molar-refractivity contribution in [3.05, 3.63) is 65.7 Å². The summed E-state index contributed by atoms with van der Waals surface area (Å²) in [6.07, 6.45) is -11.7. The number of anilines is 3. The second kappa shape index (κ2) is 11.8. The number of amides is 2. The molecule has 4 rings (SSSR count). The molecule has 10 nitrogen and oxygen atoms in total. The van der Waals surface area contributed by atoms with Gasteiger partial charge in [0.2, 0.25) is 0 Å². The number of hydrogen-bond acceptors (Lipinski definition) is 8. The van der Waals surface area contributed by atoms with Crippen LogP contribution in [0.25, 0.3) is 17.2 Å². The predicted octanol–water partition coefficient (Wildman–Crippen LogP) is 8.39. The van der Waals surface area contributed by atoms with Gasteiger partial charge in [0.05, 0.1) is 5.56 Å². The van der Waals surface area contributed by atoms with Crippen LogP contribution in [0, 0.1) is 5.82 Å². The van der Waals surface area contributed by atoms with Crippen LogP contribution in [0.5, 0.6) is 0 Å². The first kappa shape index (κ1) is 33.9. The third kappa shape index (κ3) is 8.00. The van der Waals surface area contributed by atoms with Crippen molar-refractivity contribution in [1.29, 1.82) is 0 Å². The number of carbonyl (C=O) groups is 2. The van der Waals surface area contributed by atoms with E-state index in [2.05, 4.69) is 20.3 Å². The highest BCUT2D eigenvalue weighted by atomic mass is 19.4. The van der Waals surface area contributed by atoms with Crippen LogP contribution in [0.1, 0.15) is 52.8 Å². The van der Waals surface area contributed by atoms with Gasteiger partial charge in [-0.3, -0.25) is 4.40 Å². The van der Waals surface area contributed by atoms with Crippen molar-refractivity contribution in [3.63, 3.8) is 0 Å². The molecule has 0 radical (unpaired) electrons. The van der Waals surface area contributed by atoms with Crippen molar-refractivity contribution in [2.45, 2.75) is 65.1 Å². The Morgan fingerprint density at radius 1 is 0.783 bits per heavy atom. The lowest BCUT2D eigenvalue weighted by Crippen LogP contribution is -2.44. The number of ether oxygens (including phenoxy) is 2. The molecule has 0 saturated carbocycles. The number of hydrogen-bond donors (Lipinski definition) is 1. The number of imidazole rings is 1. The summed E-state index contributed by atoms with van der Waals surface area (Å²) in [6, 6.07) is 6.36. The molecule has 0 bridgehead atoms. The summed E-state index contributed by atoms with van der Waals surface area (Å²) in [6.45, 7) is 8.94. The van der Waals surface area contributed by atoms with Gasteiger partial charge >= 0.3 is 24.5 Å². The fourth-order valence-corrected chi connectivity index (χ4v) is 3.92. The van der Waals surface area contributed by atoms with E-state index in [1.807, 2.05) is 0 Å². The van der Waals surface area contributed by atoms with Crippen molar-refractivity contribution in [1.82, 2.24) is 19.4 Å². The Labute approximate surface area is 257 Å². The molecular formula is C29H27F7N6O4. The van der Waals surface area contributed by atoms with Gasteiger partial charge in [-0.2, -0.15) is 31.2 Å². The molecule has 1 N–H and O–H groups in total. The number of alkyl halides is 6. The maximum absolute atomic E-state index is 14.3. The Morgan fingerprint density at radius 3 is 1.85 bits per heavy atom. The van der Waals surface area contributed by atoms with Gasteiger partial charge in [-0.05, 0) is 77.9 Å². The molecular weight excluding hydrogens is 629 g/mol. The van der Waals surface area contributed by atoms with Crippen LogP contribution in [0.15, 0.2) is 48.7 Å². The third-order valence-electron chi connectivity index (χ3n) is 5.64. The van der Waals surface area contributed by atoms with Gasteiger partial charge in [0, 0.05) is 18.0 Å². The van der Waals surface area contributed by atoms with E-state index in [9.17, 15) is 40.3 Å². The number of carbonyl (C=O) groups excluding carboxylic acids is 2. The van der Waals surface area contributed by atoms with Crippen molar-refractivity contribution < 1.29 is 49.8 Å². The zero-order valence-electron chi connectivity index (χ0n) is 25.1.